The standard InChI is InChI=1S/C7H9BrO2/c1-6(3-4-8)5-10-7(2)9/h3-5H,1-2H3. The molecule has 0 unspecified atom stereocenters. The van der Waals surface area contributed by atoms with Gasteiger partial charge >= 0.3 is 5.97 Å². The summed E-state index contributed by atoms with van der Waals surface area (Å²) >= 11 is 3.10. The molecule has 2 nitrogen and oxygen atoms in total. The van der Waals surface area contributed by atoms with Crippen LogP contribution in [0.1, 0.15) is 13.8 Å². The lowest BCUT2D eigenvalue weighted by Gasteiger charge is -1.91. The van der Waals surface area contributed by atoms with E-state index in [4.69, 9.17) is 0 Å². The Bertz CT molecular complexity index is 170. The van der Waals surface area contributed by atoms with Crippen LogP contribution in [0.2, 0.25) is 0 Å². The van der Waals surface area contributed by atoms with Crippen LogP contribution in [0.25, 0.3) is 0 Å². The Morgan fingerprint density at radius 3 is 2.50 bits per heavy atom. The van der Waals surface area contributed by atoms with Crippen molar-refractivity contribution in [1.29, 1.82) is 0 Å². The van der Waals surface area contributed by atoms with Gasteiger partial charge in [-0.25, -0.2) is 0 Å². The molecule has 0 heterocycles. The molecule has 0 saturated carbocycles. The number of carbonyl (C=O) groups is 1. The highest BCUT2D eigenvalue weighted by Crippen LogP contribution is 1.97. The number of rotatable bonds is 2. The largest absolute Gasteiger partial charge is 0.434 e. The first-order valence-corrected chi connectivity index (χ1v) is 3.69. The van der Waals surface area contributed by atoms with Gasteiger partial charge in [0.05, 0.1) is 6.26 Å². The van der Waals surface area contributed by atoms with Crippen LogP contribution in [-0.4, -0.2) is 5.97 Å². The Hall–Kier alpha value is -0.570. The summed E-state index contributed by atoms with van der Waals surface area (Å²) in [6.07, 6.45) is 3.18. The van der Waals surface area contributed by atoms with Gasteiger partial charge in [-0.15, -0.1) is 0 Å². The molecule has 10 heavy (non-hydrogen) atoms. The monoisotopic (exact) mass is 204 g/mol. The van der Waals surface area contributed by atoms with E-state index in [1.807, 2.05) is 6.92 Å². The minimum Gasteiger partial charge on any atom is -0.434 e. The molecule has 0 saturated heterocycles. The van der Waals surface area contributed by atoms with Gasteiger partial charge in [0.25, 0.3) is 0 Å². The molecular weight excluding hydrogens is 196 g/mol. The third-order valence-corrected chi connectivity index (χ3v) is 1.00. The van der Waals surface area contributed by atoms with Crippen molar-refractivity contribution in [2.75, 3.05) is 0 Å². The molecule has 0 aliphatic heterocycles. The summed E-state index contributed by atoms with van der Waals surface area (Å²) in [4.78, 5) is 11.9. The molecule has 0 aliphatic carbocycles. The van der Waals surface area contributed by atoms with E-state index in [2.05, 4.69) is 20.7 Å². The molecule has 0 aliphatic rings. The summed E-state index contributed by atoms with van der Waals surface area (Å²) in [7, 11) is 0. The van der Waals surface area contributed by atoms with Crippen LogP contribution >= 0.6 is 15.9 Å². The summed E-state index contributed by atoms with van der Waals surface area (Å²) in [6.45, 7) is 3.20. The van der Waals surface area contributed by atoms with E-state index in [1.54, 1.807) is 11.1 Å². The molecule has 0 radical (unpaired) electrons. The van der Waals surface area contributed by atoms with Crippen molar-refractivity contribution in [2.24, 2.45) is 0 Å². The Labute approximate surface area is 68.7 Å². The van der Waals surface area contributed by atoms with Crippen LogP contribution in [0.15, 0.2) is 22.9 Å². The molecule has 0 N–H and O–H groups in total. The van der Waals surface area contributed by atoms with Crippen LogP contribution in [0, 0.1) is 0 Å². The molecule has 0 aromatic rings. The van der Waals surface area contributed by atoms with Gasteiger partial charge in [0.1, 0.15) is 0 Å². The summed E-state index contributed by atoms with van der Waals surface area (Å²) in [5, 5.41) is 0. The maximum atomic E-state index is 10.2. The fraction of sp³-hybridized carbons (Fsp3) is 0.286. The topological polar surface area (TPSA) is 26.3 Å². The Balaban J connectivity index is 3.80. The molecule has 0 aromatic heterocycles. The predicted molar refractivity (Wildman–Crippen MR) is 43.6 cm³/mol. The van der Waals surface area contributed by atoms with E-state index in [-0.39, 0.29) is 5.97 Å². The smallest absolute Gasteiger partial charge is 0.307 e. The number of ether oxygens (including phenoxy) is 1. The van der Waals surface area contributed by atoms with Gasteiger partial charge in [-0.2, -0.15) is 0 Å². The average Bonchev–Trinajstić information content (AvgIpc) is 1.85. The first-order chi connectivity index (χ1) is 4.66. The lowest BCUT2D eigenvalue weighted by molar-refractivity contribution is -0.135. The van der Waals surface area contributed by atoms with Gasteiger partial charge in [0.15, 0.2) is 0 Å². The highest BCUT2D eigenvalue weighted by atomic mass is 79.9. The minimum absolute atomic E-state index is 0.303. The van der Waals surface area contributed by atoms with Crippen LogP contribution < -0.4 is 0 Å². The van der Waals surface area contributed by atoms with Crippen LogP contribution in [0.3, 0.4) is 0 Å². The Kier molecular flexibility index (Phi) is 4.94. The van der Waals surface area contributed by atoms with E-state index in [0.717, 1.165) is 5.57 Å². The number of esters is 1. The molecule has 0 atom stereocenters. The molecule has 0 fully saturated rings. The average molecular weight is 205 g/mol. The SMILES string of the molecule is CC(=O)OC=C(C)C=CBr. The zero-order chi connectivity index (χ0) is 7.98. The lowest BCUT2D eigenvalue weighted by Crippen LogP contribution is -1.90. The number of halogens is 1. The summed E-state index contributed by atoms with van der Waals surface area (Å²) in [5.41, 5.74) is 0.882. The Morgan fingerprint density at radius 1 is 1.50 bits per heavy atom. The van der Waals surface area contributed by atoms with Gasteiger partial charge in [0.2, 0.25) is 0 Å². The number of hydrogen-bond donors (Lipinski definition) is 0. The maximum Gasteiger partial charge on any atom is 0.307 e. The maximum absolute atomic E-state index is 10.2. The van der Waals surface area contributed by atoms with Crippen molar-refractivity contribution < 1.29 is 9.53 Å². The van der Waals surface area contributed by atoms with E-state index < -0.39 is 0 Å². The highest BCUT2D eigenvalue weighted by Gasteiger charge is 1.86. The van der Waals surface area contributed by atoms with Crippen molar-refractivity contribution in [3.05, 3.63) is 22.9 Å². The third kappa shape index (κ3) is 5.56. The van der Waals surface area contributed by atoms with Crippen molar-refractivity contribution in [1.82, 2.24) is 0 Å². The van der Waals surface area contributed by atoms with Crippen molar-refractivity contribution in [3.8, 4) is 0 Å². The highest BCUT2D eigenvalue weighted by molar-refractivity contribution is 9.11. The molecular formula is C7H9BrO2. The fourth-order valence-corrected chi connectivity index (χ4v) is 0.732. The quantitative estimate of drug-likeness (QED) is 0.393. The van der Waals surface area contributed by atoms with E-state index >= 15 is 0 Å². The van der Waals surface area contributed by atoms with Gasteiger partial charge in [0, 0.05) is 6.92 Å². The number of carbonyl (C=O) groups excluding carboxylic acids is 1. The van der Waals surface area contributed by atoms with Gasteiger partial charge in [-0.3, -0.25) is 4.79 Å². The van der Waals surface area contributed by atoms with Crippen LogP contribution in [-0.2, 0) is 9.53 Å². The molecule has 0 amide bonds. The molecule has 56 valence electrons. The first kappa shape index (κ1) is 9.43. The van der Waals surface area contributed by atoms with Crippen LogP contribution in [0.5, 0.6) is 0 Å². The predicted octanol–water partition coefficient (Wildman–Crippen LogP) is 2.36. The van der Waals surface area contributed by atoms with Gasteiger partial charge < -0.3 is 4.74 Å². The molecule has 0 aromatic carbocycles. The summed E-state index contributed by atoms with van der Waals surface area (Å²) < 4.78 is 4.58. The number of allylic oxidation sites excluding steroid dienone is 2. The van der Waals surface area contributed by atoms with E-state index in [0.29, 0.717) is 0 Å². The molecule has 0 spiro atoms. The first-order valence-electron chi connectivity index (χ1n) is 2.77. The molecule has 0 rings (SSSR count). The zero-order valence-electron chi connectivity index (χ0n) is 5.93. The van der Waals surface area contributed by atoms with Crippen molar-refractivity contribution in [3.63, 3.8) is 0 Å². The second-order valence-electron chi connectivity index (χ2n) is 1.76. The molecule has 0 bridgehead atoms. The zero-order valence-corrected chi connectivity index (χ0v) is 7.51. The van der Waals surface area contributed by atoms with E-state index in [9.17, 15) is 4.79 Å². The van der Waals surface area contributed by atoms with Crippen molar-refractivity contribution in [2.45, 2.75) is 13.8 Å². The Morgan fingerprint density at radius 2 is 2.10 bits per heavy atom. The normalized spacial score (nSPS) is 12.1. The summed E-state index contributed by atoms with van der Waals surface area (Å²) in [5.74, 6) is -0.303. The fourth-order valence-electron chi connectivity index (χ4n) is 0.315. The second-order valence-corrected chi connectivity index (χ2v) is 2.29. The van der Waals surface area contributed by atoms with E-state index in [1.165, 1.54) is 13.2 Å². The lowest BCUT2D eigenvalue weighted by atomic mass is 10.3. The van der Waals surface area contributed by atoms with Gasteiger partial charge in [-0.1, -0.05) is 15.9 Å². The van der Waals surface area contributed by atoms with Crippen LogP contribution in [0.4, 0.5) is 0 Å². The van der Waals surface area contributed by atoms with Crippen molar-refractivity contribution >= 4 is 21.9 Å². The second kappa shape index (κ2) is 5.23. The number of hydrogen-bond acceptors (Lipinski definition) is 2. The minimum atomic E-state index is -0.303. The summed E-state index contributed by atoms with van der Waals surface area (Å²) in [6, 6.07) is 0. The third-order valence-electron chi connectivity index (χ3n) is 0.737. The molecule has 3 heteroatoms. The van der Waals surface area contributed by atoms with Gasteiger partial charge in [-0.05, 0) is 23.6 Å².